The van der Waals surface area contributed by atoms with Crippen LogP contribution in [0.5, 0.6) is 0 Å². The molecule has 3 heteroatoms. The van der Waals surface area contributed by atoms with Gasteiger partial charge < -0.3 is 4.57 Å². The summed E-state index contributed by atoms with van der Waals surface area (Å²) >= 11 is 0. The number of aromatic nitrogens is 3. The number of para-hydroxylation sites is 1. The van der Waals surface area contributed by atoms with Gasteiger partial charge in [-0.1, -0.05) is 121 Å². The van der Waals surface area contributed by atoms with Crippen molar-refractivity contribution in [1.29, 1.82) is 0 Å². The van der Waals surface area contributed by atoms with Crippen LogP contribution in [0, 0.1) is 0 Å². The highest BCUT2D eigenvalue weighted by Crippen LogP contribution is 2.41. The maximum Gasteiger partial charge on any atom is 0.145 e. The van der Waals surface area contributed by atoms with E-state index in [9.17, 15) is 0 Å². The average molecular weight is 638 g/mol. The van der Waals surface area contributed by atoms with Gasteiger partial charge in [0, 0.05) is 39.1 Å². The molecular weight excluding hydrogens is 607 g/mol. The Morgan fingerprint density at radius 3 is 1.78 bits per heavy atom. The zero-order valence-electron chi connectivity index (χ0n) is 27.2. The van der Waals surface area contributed by atoms with Crippen LogP contribution in [0.2, 0.25) is 0 Å². The molecule has 0 aliphatic carbocycles. The molecule has 0 unspecified atom stereocenters. The maximum absolute atomic E-state index is 4.91. The van der Waals surface area contributed by atoms with Gasteiger partial charge in [-0.3, -0.25) is 4.57 Å². The molecule has 7 aromatic carbocycles. The fraction of sp³-hybridized carbons (Fsp3) is 0. The Morgan fingerprint density at radius 1 is 0.340 bits per heavy atom. The molecule has 0 fully saturated rings. The largest absolute Gasteiger partial charge is 0.309 e. The van der Waals surface area contributed by atoms with Crippen molar-refractivity contribution in [3.63, 3.8) is 0 Å². The fourth-order valence-electron chi connectivity index (χ4n) is 7.70. The lowest BCUT2D eigenvalue weighted by Crippen LogP contribution is -1.95. The van der Waals surface area contributed by atoms with Crippen molar-refractivity contribution in [3.05, 3.63) is 188 Å². The number of fused-ring (bicyclic) bond motifs is 6. The number of benzene rings is 7. The normalized spacial score (nSPS) is 11.6. The van der Waals surface area contributed by atoms with Crippen molar-refractivity contribution < 1.29 is 0 Å². The molecule has 0 saturated heterocycles. The second-order valence-corrected chi connectivity index (χ2v) is 12.8. The van der Waals surface area contributed by atoms with E-state index in [1.54, 1.807) is 0 Å². The summed E-state index contributed by atoms with van der Waals surface area (Å²) in [5, 5.41) is 4.83. The van der Waals surface area contributed by atoms with Gasteiger partial charge in [0.05, 0.1) is 16.6 Å². The monoisotopic (exact) mass is 637 g/mol. The van der Waals surface area contributed by atoms with Crippen molar-refractivity contribution in [3.8, 4) is 44.8 Å². The molecule has 0 amide bonds. The SMILES string of the molecule is c1ccc(-c2ccc(-n3c4ccccc4c4c(-c5ccc6c(c5)c5cccnc5n6-c5cccc(-c6ccccc6)c5)cccc43)cc2)cc1. The molecule has 3 aromatic heterocycles. The van der Waals surface area contributed by atoms with E-state index in [1.807, 2.05) is 12.3 Å². The van der Waals surface area contributed by atoms with Crippen molar-refractivity contribution in [2.45, 2.75) is 0 Å². The van der Waals surface area contributed by atoms with Gasteiger partial charge in [0.2, 0.25) is 0 Å². The second kappa shape index (κ2) is 11.5. The van der Waals surface area contributed by atoms with Crippen LogP contribution < -0.4 is 0 Å². The molecule has 10 aromatic rings. The summed E-state index contributed by atoms with van der Waals surface area (Å²) < 4.78 is 4.70. The fourth-order valence-corrected chi connectivity index (χ4v) is 7.70. The zero-order valence-corrected chi connectivity index (χ0v) is 27.2. The van der Waals surface area contributed by atoms with Crippen LogP contribution >= 0.6 is 0 Å². The molecule has 234 valence electrons. The molecule has 0 aliphatic heterocycles. The molecule has 3 heterocycles. The van der Waals surface area contributed by atoms with Crippen LogP contribution in [0.3, 0.4) is 0 Å². The number of pyridine rings is 1. The van der Waals surface area contributed by atoms with Gasteiger partial charge in [0.1, 0.15) is 5.65 Å². The molecule has 0 atom stereocenters. The van der Waals surface area contributed by atoms with Crippen molar-refractivity contribution in [2.75, 3.05) is 0 Å². The van der Waals surface area contributed by atoms with Gasteiger partial charge in [0.25, 0.3) is 0 Å². The van der Waals surface area contributed by atoms with E-state index < -0.39 is 0 Å². The summed E-state index contributed by atoms with van der Waals surface area (Å²) in [7, 11) is 0. The first-order valence-corrected chi connectivity index (χ1v) is 17.1. The summed E-state index contributed by atoms with van der Waals surface area (Å²) in [4.78, 5) is 4.91. The molecule has 0 aliphatic rings. The Hall–Kier alpha value is -6.71. The predicted molar refractivity (Wildman–Crippen MR) is 209 cm³/mol. The average Bonchev–Trinajstić information content (AvgIpc) is 3.71. The van der Waals surface area contributed by atoms with Crippen LogP contribution in [0.1, 0.15) is 0 Å². The van der Waals surface area contributed by atoms with Crippen LogP contribution in [0.25, 0.3) is 88.5 Å². The predicted octanol–water partition coefficient (Wildman–Crippen LogP) is 12.3. The third-order valence-electron chi connectivity index (χ3n) is 9.98. The van der Waals surface area contributed by atoms with E-state index >= 15 is 0 Å². The van der Waals surface area contributed by atoms with Crippen molar-refractivity contribution >= 4 is 43.7 Å². The Morgan fingerprint density at radius 2 is 0.960 bits per heavy atom. The minimum atomic E-state index is 0.957. The van der Waals surface area contributed by atoms with Crippen molar-refractivity contribution in [2.24, 2.45) is 0 Å². The molecule has 0 radical (unpaired) electrons. The molecule has 0 saturated carbocycles. The Kier molecular flexibility index (Phi) is 6.49. The Labute approximate surface area is 290 Å². The third kappa shape index (κ3) is 4.48. The summed E-state index contributed by atoms with van der Waals surface area (Å²) in [6.45, 7) is 0. The molecule has 0 bridgehead atoms. The maximum atomic E-state index is 4.91. The van der Waals surface area contributed by atoms with Gasteiger partial charge in [-0.15, -0.1) is 0 Å². The third-order valence-corrected chi connectivity index (χ3v) is 9.98. The number of rotatable bonds is 5. The first-order valence-electron chi connectivity index (χ1n) is 17.1. The molecular formula is C47H31N3. The number of hydrogen-bond acceptors (Lipinski definition) is 1. The van der Waals surface area contributed by atoms with E-state index in [2.05, 4.69) is 185 Å². The van der Waals surface area contributed by atoms with Gasteiger partial charge >= 0.3 is 0 Å². The van der Waals surface area contributed by atoms with Gasteiger partial charge in [-0.05, 0) is 94.0 Å². The number of nitrogens with zero attached hydrogens (tertiary/aromatic N) is 3. The molecule has 10 rings (SSSR count). The van der Waals surface area contributed by atoms with Crippen molar-refractivity contribution in [1.82, 2.24) is 14.1 Å². The highest BCUT2D eigenvalue weighted by molar-refractivity contribution is 6.17. The molecule has 3 nitrogen and oxygen atoms in total. The Balaban J connectivity index is 1.15. The minimum absolute atomic E-state index is 0.957. The summed E-state index contributed by atoms with van der Waals surface area (Å²) in [6.07, 6.45) is 1.89. The first-order chi connectivity index (χ1) is 24.8. The topological polar surface area (TPSA) is 22.8 Å². The second-order valence-electron chi connectivity index (χ2n) is 12.8. The van der Waals surface area contributed by atoms with E-state index in [-0.39, 0.29) is 0 Å². The zero-order chi connectivity index (χ0) is 33.0. The van der Waals surface area contributed by atoms with E-state index in [0.717, 1.165) is 27.9 Å². The number of hydrogen-bond donors (Lipinski definition) is 0. The van der Waals surface area contributed by atoms with E-state index in [4.69, 9.17) is 4.98 Å². The lowest BCUT2D eigenvalue weighted by atomic mass is 9.98. The van der Waals surface area contributed by atoms with Crippen LogP contribution in [-0.2, 0) is 0 Å². The van der Waals surface area contributed by atoms with Gasteiger partial charge in [-0.25, -0.2) is 4.98 Å². The molecule has 0 N–H and O–H groups in total. The smallest absolute Gasteiger partial charge is 0.145 e. The summed E-state index contributed by atoms with van der Waals surface area (Å²) in [5.41, 5.74) is 14.0. The van der Waals surface area contributed by atoms with E-state index in [0.29, 0.717) is 0 Å². The lowest BCUT2D eigenvalue weighted by Gasteiger charge is -2.11. The standard InChI is InChI=1S/C47H31N3/c1-3-12-32(13-4-1)34-23-26-37(27-24-34)49-43-21-8-7-18-41(43)46-39(19-10-22-45(46)49)36-25-28-44-42(31-36)40-20-11-29-48-47(40)50(44)38-17-9-16-35(30-38)33-14-5-2-6-15-33/h1-31H. The van der Waals surface area contributed by atoms with Gasteiger partial charge in [-0.2, -0.15) is 0 Å². The summed E-state index contributed by atoms with van der Waals surface area (Å²) in [6, 6.07) is 65.4. The van der Waals surface area contributed by atoms with Gasteiger partial charge in [0.15, 0.2) is 0 Å². The molecule has 0 spiro atoms. The summed E-state index contributed by atoms with van der Waals surface area (Å²) in [5.74, 6) is 0. The minimum Gasteiger partial charge on any atom is -0.309 e. The van der Waals surface area contributed by atoms with Crippen LogP contribution in [-0.4, -0.2) is 14.1 Å². The van der Waals surface area contributed by atoms with Crippen LogP contribution in [0.15, 0.2) is 188 Å². The molecule has 50 heavy (non-hydrogen) atoms. The first kappa shape index (κ1) is 28.3. The van der Waals surface area contributed by atoms with Crippen LogP contribution in [0.4, 0.5) is 0 Å². The Bertz CT molecular complexity index is 2840. The highest BCUT2D eigenvalue weighted by Gasteiger charge is 2.19. The quantitative estimate of drug-likeness (QED) is 0.184. The lowest BCUT2D eigenvalue weighted by molar-refractivity contribution is 1.14. The van der Waals surface area contributed by atoms with E-state index in [1.165, 1.54) is 60.6 Å². The highest BCUT2D eigenvalue weighted by atomic mass is 15.0.